The molecule has 25 heavy (non-hydrogen) atoms. The van der Waals surface area contributed by atoms with Crippen molar-refractivity contribution in [2.45, 2.75) is 45.3 Å². The van der Waals surface area contributed by atoms with Crippen molar-refractivity contribution < 1.29 is 29.3 Å². The Bertz CT molecular complexity index is 601. The molecule has 0 aromatic heterocycles. The van der Waals surface area contributed by atoms with Gasteiger partial charge in [0.2, 0.25) is 0 Å². The van der Waals surface area contributed by atoms with Gasteiger partial charge >= 0.3 is 11.9 Å². The van der Waals surface area contributed by atoms with Crippen LogP contribution in [0.5, 0.6) is 0 Å². The van der Waals surface area contributed by atoms with E-state index in [1.807, 2.05) is 6.08 Å². The van der Waals surface area contributed by atoms with Crippen LogP contribution in [0, 0.1) is 11.8 Å². The molecule has 0 unspecified atom stereocenters. The molecule has 1 heterocycles. The van der Waals surface area contributed by atoms with Crippen LogP contribution in [0.2, 0.25) is 0 Å². The van der Waals surface area contributed by atoms with Crippen molar-refractivity contribution in [1.29, 1.82) is 0 Å². The lowest BCUT2D eigenvalue weighted by Crippen LogP contribution is -2.35. The number of rotatable bonds is 4. The molecule has 3 atom stereocenters. The average molecular weight is 350 g/mol. The summed E-state index contributed by atoms with van der Waals surface area (Å²) in [5.74, 6) is -1.76. The predicted molar refractivity (Wildman–Crippen MR) is 91.4 cm³/mol. The summed E-state index contributed by atoms with van der Waals surface area (Å²) in [5.41, 5.74) is 1.71. The van der Waals surface area contributed by atoms with Crippen LogP contribution in [0.4, 0.5) is 0 Å². The van der Waals surface area contributed by atoms with Crippen LogP contribution in [-0.2, 0) is 19.1 Å². The molecule has 0 bridgehead atoms. The van der Waals surface area contributed by atoms with E-state index in [-0.39, 0.29) is 30.7 Å². The van der Waals surface area contributed by atoms with Gasteiger partial charge in [-0.1, -0.05) is 26.5 Å². The Morgan fingerprint density at radius 2 is 2.04 bits per heavy atom. The van der Waals surface area contributed by atoms with Gasteiger partial charge in [0, 0.05) is 12.0 Å². The van der Waals surface area contributed by atoms with Gasteiger partial charge in [-0.25, -0.2) is 4.79 Å². The van der Waals surface area contributed by atoms with E-state index >= 15 is 0 Å². The summed E-state index contributed by atoms with van der Waals surface area (Å²) in [6.07, 6.45) is 3.88. The van der Waals surface area contributed by atoms with E-state index in [2.05, 4.69) is 6.58 Å². The fourth-order valence-electron chi connectivity index (χ4n) is 3.09. The van der Waals surface area contributed by atoms with Crippen LogP contribution < -0.4 is 0 Å². The van der Waals surface area contributed by atoms with Gasteiger partial charge in [0.25, 0.3) is 0 Å². The lowest BCUT2D eigenvalue weighted by Gasteiger charge is -2.28. The van der Waals surface area contributed by atoms with Crippen molar-refractivity contribution in [1.82, 2.24) is 0 Å². The molecule has 0 amide bonds. The maximum atomic E-state index is 12.1. The van der Waals surface area contributed by atoms with Crippen LogP contribution in [0.15, 0.2) is 35.5 Å². The minimum absolute atomic E-state index is 0.147. The van der Waals surface area contributed by atoms with Gasteiger partial charge in [-0.05, 0) is 30.1 Å². The Morgan fingerprint density at radius 1 is 1.36 bits per heavy atom. The maximum Gasteiger partial charge on any atom is 0.334 e. The summed E-state index contributed by atoms with van der Waals surface area (Å²) < 4.78 is 11.0. The minimum Gasteiger partial charge on any atom is -0.461 e. The molecule has 1 aliphatic carbocycles. The van der Waals surface area contributed by atoms with Gasteiger partial charge in [0.1, 0.15) is 12.2 Å². The highest BCUT2D eigenvalue weighted by atomic mass is 16.6. The molecular formula is C19H26O6. The Hall–Kier alpha value is -1.92. The van der Waals surface area contributed by atoms with E-state index in [0.29, 0.717) is 19.3 Å². The summed E-state index contributed by atoms with van der Waals surface area (Å²) in [6, 6.07) is 0. The number of aliphatic hydroxyl groups excluding tert-OH is 2. The van der Waals surface area contributed by atoms with Gasteiger partial charge in [-0.2, -0.15) is 0 Å². The van der Waals surface area contributed by atoms with Gasteiger partial charge in [0.15, 0.2) is 0 Å². The van der Waals surface area contributed by atoms with Crippen molar-refractivity contribution >= 4 is 11.9 Å². The third kappa shape index (κ3) is 4.58. The molecular weight excluding hydrogens is 324 g/mol. The van der Waals surface area contributed by atoms with Crippen molar-refractivity contribution in [3.8, 4) is 0 Å². The molecule has 1 fully saturated rings. The second-order valence-electron chi connectivity index (χ2n) is 6.80. The third-order valence-electron chi connectivity index (χ3n) is 4.57. The Labute approximate surface area is 147 Å². The van der Waals surface area contributed by atoms with Crippen LogP contribution in [0.3, 0.4) is 0 Å². The molecule has 0 aromatic rings. The van der Waals surface area contributed by atoms with Crippen LogP contribution in [0.1, 0.15) is 33.1 Å². The Morgan fingerprint density at radius 3 is 2.64 bits per heavy atom. The van der Waals surface area contributed by atoms with Gasteiger partial charge < -0.3 is 19.7 Å². The largest absolute Gasteiger partial charge is 0.461 e. The van der Waals surface area contributed by atoms with Crippen molar-refractivity contribution in [3.05, 3.63) is 35.5 Å². The molecule has 1 aliphatic heterocycles. The summed E-state index contributed by atoms with van der Waals surface area (Å²) in [6.45, 7) is 6.97. The standard InChI is InChI=1S/C19H26O6/c1-11(2)18(22)24-15-7-13(9-20)5-4-6-14(10-21)8-16-17(15)12(3)19(23)25-16/h5,8,11,15-17,20-21H,3-4,6-7,9-10H2,1-2H3/b13-5-,14-8-/t15-,16+,17-/m0/s1. The molecule has 0 aromatic carbocycles. The highest BCUT2D eigenvalue weighted by Crippen LogP contribution is 2.36. The zero-order chi connectivity index (χ0) is 18.6. The van der Waals surface area contributed by atoms with Gasteiger partial charge in [-0.15, -0.1) is 0 Å². The van der Waals surface area contributed by atoms with E-state index in [0.717, 1.165) is 11.1 Å². The Balaban J connectivity index is 2.41. The maximum absolute atomic E-state index is 12.1. The molecule has 2 N–H and O–H groups in total. The first-order valence-electron chi connectivity index (χ1n) is 8.56. The highest BCUT2D eigenvalue weighted by Gasteiger charge is 2.44. The number of hydrogen-bond acceptors (Lipinski definition) is 6. The zero-order valence-electron chi connectivity index (χ0n) is 14.7. The molecule has 138 valence electrons. The number of allylic oxidation sites excluding steroid dienone is 1. The fraction of sp³-hybridized carbons (Fsp3) is 0.579. The second-order valence-corrected chi connectivity index (χ2v) is 6.80. The smallest absolute Gasteiger partial charge is 0.334 e. The third-order valence-corrected chi connectivity index (χ3v) is 4.57. The number of carbonyl (C=O) groups excluding carboxylic acids is 2. The SMILES string of the molecule is C=C1C(=O)O[C@@H]2/C=C(\CO)CC/C=C(\CO)C[C@H](OC(=O)C(C)C)[C@H]12. The number of ether oxygens (including phenoxy) is 2. The lowest BCUT2D eigenvalue weighted by molar-refractivity contribution is -0.155. The minimum atomic E-state index is -0.661. The molecule has 2 rings (SSSR count). The summed E-state index contributed by atoms with van der Waals surface area (Å²) in [5, 5.41) is 19.2. The normalized spacial score (nSPS) is 31.5. The molecule has 6 heteroatoms. The van der Waals surface area contributed by atoms with Crippen molar-refractivity contribution in [2.75, 3.05) is 13.2 Å². The molecule has 6 nitrogen and oxygen atoms in total. The first-order valence-corrected chi connectivity index (χ1v) is 8.56. The van der Waals surface area contributed by atoms with Crippen molar-refractivity contribution in [3.63, 3.8) is 0 Å². The van der Waals surface area contributed by atoms with Gasteiger partial charge in [0.05, 0.1) is 25.0 Å². The molecule has 2 aliphatic rings. The lowest BCUT2D eigenvalue weighted by atomic mass is 9.85. The second kappa shape index (κ2) is 8.45. The number of hydrogen-bond donors (Lipinski definition) is 2. The summed E-state index contributed by atoms with van der Waals surface area (Å²) in [7, 11) is 0. The zero-order valence-corrected chi connectivity index (χ0v) is 14.7. The van der Waals surface area contributed by atoms with E-state index in [1.165, 1.54) is 0 Å². The van der Waals surface area contributed by atoms with Gasteiger partial charge in [-0.3, -0.25) is 4.79 Å². The topological polar surface area (TPSA) is 93.1 Å². The molecule has 0 radical (unpaired) electrons. The van der Waals surface area contributed by atoms with E-state index in [9.17, 15) is 19.8 Å². The molecule has 0 saturated carbocycles. The van der Waals surface area contributed by atoms with Crippen LogP contribution >= 0.6 is 0 Å². The predicted octanol–water partition coefficient (Wildman–Crippen LogP) is 1.67. The average Bonchev–Trinajstić information content (AvgIpc) is 2.85. The summed E-state index contributed by atoms with van der Waals surface area (Å²) >= 11 is 0. The number of fused-ring (bicyclic) bond motifs is 1. The Kier molecular flexibility index (Phi) is 6.56. The van der Waals surface area contributed by atoms with Crippen molar-refractivity contribution in [2.24, 2.45) is 11.8 Å². The fourth-order valence-corrected chi connectivity index (χ4v) is 3.09. The summed E-state index contributed by atoms with van der Waals surface area (Å²) in [4.78, 5) is 24.2. The highest BCUT2D eigenvalue weighted by molar-refractivity contribution is 5.91. The van der Waals surface area contributed by atoms with E-state index in [1.54, 1.807) is 19.9 Å². The van der Waals surface area contributed by atoms with E-state index in [4.69, 9.17) is 9.47 Å². The number of aliphatic hydroxyl groups is 2. The molecule has 0 spiro atoms. The number of esters is 2. The quantitative estimate of drug-likeness (QED) is 0.455. The van der Waals surface area contributed by atoms with E-state index < -0.39 is 24.1 Å². The molecule has 1 saturated heterocycles. The first-order chi connectivity index (χ1) is 11.9. The number of carbonyl (C=O) groups is 2. The van der Waals surface area contributed by atoms with Crippen LogP contribution in [-0.4, -0.2) is 47.6 Å². The van der Waals surface area contributed by atoms with Crippen LogP contribution in [0.25, 0.3) is 0 Å². The monoisotopic (exact) mass is 350 g/mol. The first kappa shape index (κ1) is 19.4.